The van der Waals surface area contributed by atoms with E-state index in [0.717, 1.165) is 30.6 Å². The smallest absolute Gasteiger partial charge is 0.387 e. The second-order valence-electron chi connectivity index (χ2n) is 7.89. The maximum Gasteiger partial charge on any atom is 0.387 e. The Morgan fingerprint density at radius 3 is 2.80 bits per heavy atom. The van der Waals surface area contributed by atoms with Gasteiger partial charge in [-0.25, -0.2) is 0 Å². The van der Waals surface area contributed by atoms with Crippen molar-refractivity contribution in [2.45, 2.75) is 50.9 Å². The molecular weight excluding hydrogens is 388 g/mol. The van der Waals surface area contributed by atoms with Crippen LogP contribution in [0, 0.1) is 0 Å². The molecule has 2 aromatic carbocycles. The summed E-state index contributed by atoms with van der Waals surface area (Å²) in [5, 5.41) is 7.11. The van der Waals surface area contributed by atoms with Gasteiger partial charge >= 0.3 is 6.61 Å². The van der Waals surface area contributed by atoms with Crippen molar-refractivity contribution in [1.29, 1.82) is 0 Å². The normalized spacial score (nSPS) is 21.6. The number of carbonyl (C=O) groups excluding carboxylic acids is 1. The average Bonchev–Trinajstić information content (AvgIpc) is 2.76. The van der Waals surface area contributed by atoms with Crippen molar-refractivity contribution in [1.82, 2.24) is 10.6 Å². The SMILES string of the molecule is CN1C(=O)CCc2cc(OC(F)F)c(CN[C@H]3CCCNC3c3ccccc3)cc21. The fraction of sp³-hybridized carbons (Fsp3) is 0.435. The van der Waals surface area contributed by atoms with E-state index in [4.69, 9.17) is 4.74 Å². The van der Waals surface area contributed by atoms with Crippen LogP contribution in [-0.2, 0) is 17.8 Å². The number of benzene rings is 2. The van der Waals surface area contributed by atoms with E-state index in [2.05, 4.69) is 22.8 Å². The van der Waals surface area contributed by atoms with Crippen LogP contribution < -0.4 is 20.3 Å². The number of amides is 1. The molecule has 5 nitrogen and oxygen atoms in total. The van der Waals surface area contributed by atoms with Gasteiger partial charge in [0.2, 0.25) is 5.91 Å². The van der Waals surface area contributed by atoms with E-state index in [1.165, 1.54) is 5.56 Å². The van der Waals surface area contributed by atoms with Crippen LogP contribution in [0.3, 0.4) is 0 Å². The van der Waals surface area contributed by atoms with E-state index >= 15 is 0 Å². The number of hydrogen-bond donors (Lipinski definition) is 2. The summed E-state index contributed by atoms with van der Waals surface area (Å²) in [6.07, 6.45) is 2.94. The first kappa shape index (κ1) is 20.8. The first-order valence-electron chi connectivity index (χ1n) is 10.4. The summed E-state index contributed by atoms with van der Waals surface area (Å²) in [4.78, 5) is 13.7. The Morgan fingerprint density at radius 1 is 1.23 bits per heavy atom. The highest BCUT2D eigenvalue weighted by Crippen LogP contribution is 2.34. The van der Waals surface area contributed by atoms with Crippen LogP contribution in [0.5, 0.6) is 5.75 Å². The van der Waals surface area contributed by atoms with Crippen molar-refractivity contribution in [3.05, 3.63) is 59.2 Å². The molecule has 0 bridgehead atoms. The number of anilines is 1. The summed E-state index contributed by atoms with van der Waals surface area (Å²) in [7, 11) is 1.72. The van der Waals surface area contributed by atoms with Gasteiger partial charge in [-0.2, -0.15) is 8.78 Å². The summed E-state index contributed by atoms with van der Waals surface area (Å²) in [6, 6.07) is 14.0. The van der Waals surface area contributed by atoms with Gasteiger partial charge in [0.15, 0.2) is 0 Å². The van der Waals surface area contributed by atoms with Gasteiger partial charge in [-0.15, -0.1) is 0 Å². The number of fused-ring (bicyclic) bond motifs is 1. The predicted molar refractivity (Wildman–Crippen MR) is 112 cm³/mol. The lowest BCUT2D eigenvalue weighted by Gasteiger charge is -2.34. The molecule has 0 aliphatic carbocycles. The van der Waals surface area contributed by atoms with E-state index in [1.807, 2.05) is 24.3 Å². The van der Waals surface area contributed by atoms with Gasteiger partial charge in [-0.3, -0.25) is 4.79 Å². The maximum absolute atomic E-state index is 13.0. The molecule has 1 fully saturated rings. The summed E-state index contributed by atoms with van der Waals surface area (Å²) in [6.45, 7) is -1.56. The highest BCUT2D eigenvalue weighted by atomic mass is 19.3. The Kier molecular flexibility index (Phi) is 6.29. The number of hydrogen-bond acceptors (Lipinski definition) is 4. The third-order valence-corrected chi connectivity index (χ3v) is 5.99. The van der Waals surface area contributed by atoms with Gasteiger partial charge in [0.05, 0.1) is 0 Å². The number of rotatable bonds is 6. The fourth-order valence-corrected chi connectivity index (χ4v) is 4.41. The van der Waals surface area contributed by atoms with Gasteiger partial charge in [0.25, 0.3) is 0 Å². The molecule has 2 aromatic rings. The van der Waals surface area contributed by atoms with Crippen LogP contribution >= 0.6 is 0 Å². The molecule has 2 atom stereocenters. The zero-order valence-corrected chi connectivity index (χ0v) is 17.0. The highest BCUT2D eigenvalue weighted by molar-refractivity contribution is 5.96. The molecule has 0 saturated carbocycles. The van der Waals surface area contributed by atoms with Gasteiger partial charge in [0, 0.05) is 43.3 Å². The van der Waals surface area contributed by atoms with E-state index in [-0.39, 0.29) is 23.7 Å². The van der Waals surface area contributed by atoms with Crippen LogP contribution in [0.4, 0.5) is 14.5 Å². The number of nitrogens with one attached hydrogen (secondary N) is 2. The van der Waals surface area contributed by atoms with Gasteiger partial charge in [0.1, 0.15) is 5.75 Å². The van der Waals surface area contributed by atoms with Gasteiger partial charge < -0.3 is 20.3 Å². The molecule has 30 heavy (non-hydrogen) atoms. The Bertz CT molecular complexity index is 892. The lowest BCUT2D eigenvalue weighted by molar-refractivity contribution is -0.118. The molecule has 160 valence electrons. The van der Waals surface area contributed by atoms with Gasteiger partial charge in [-0.05, 0) is 49.1 Å². The zero-order valence-electron chi connectivity index (χ0n) is 17.0. The first-order chi connectivity index (χ1) is 14.5. The van der Waals surface area contributed by atoms with Crippen LogP contribution in [0.1, 0.15) is 42.0 Å². The number of alkyl halides is 2. The number of nitrogens with zero attached hydrogens (tertiary/aromatic N) is 1. The summed E-state index contributed by atoms with van der Waals surface area (Å²) in [5.74, 6) is 0.212. The van der Waals surface area contributed by atoms with Crippen LogP contribution in [0.25, 0.3) is 0 Å². The van der Waals surface area contributed by atoms with Crippen LogP contribution in [0.15, 0.2) is 42.5 Å². The molecule has 1 saturated heterocycles. The quantitative estimate of drug-likeness (QED) is 0.754. The van der Waals surface area contributed by atoms with Crippen LogP contribution in [-0.4, -0.2) is 32.2 Å². The summed E-state index contributed by atoms with van der Waals surface area (Å²) >= 11 is 0. The first-order valence-corrected chi connectivity index (χ1v) is 10.4. The molecule has 0 spiro atoms. The molecule has 2 heterocycles. The second kappa shape index (κ2) is 9.10. The Hall–Kier alpha value is -2.51. The summed E-state index contributed by atoms with van der Waals surface area (Å²) in [5.41, 5.74) is 3.46. The highest BCUT2D eigenvalue weighted by Gasteiger charge is 2.27. The molecule has 2 aliphatic rings. The van der Waals surface area contributed by atoms with Crippen molar-refractivity contribution >= 4 is 11.6 Å². The van der Waals surface area contributed by atoms with E-state index in [9.17, 15) is 13.6 Å². The summed E-state index contributed by atoms with van der Waals surface area (Å²) < 4.78 is 30.9. The molecule has 7 heteroatoms. The van der Waals surface area contributed by atoms with Crippen molar-refractivity contribution in [2.75, 3.05) is 18.5 Å². The average molecular weight is 415 g/mol. The largest absolute Gasteiger partial charge is 0.434 e. The van der Waals surface area contributed by atoms with Crippen LogP contribution in [0.2, 0.25) is 0 Å². The van der Waals surface area contributed by atoms with E-state index in [0.29, 0.717) is 24.9 Å². The van der Waals surface area contributed by atoms with Crippen molar-refractivity contribution < 1.29 is 18.3 Å². The lowest BCUT2D eigenvalue weighted by Crippen LogP contribution is -2.45. The molecule has 1 unspecified atom stereocenters. The van der Waals surface area contributed by atoms with Crippen molar-refractivity contribution in [2.24, 2.45) is 0 Å². The standard InChI is InChI=1S/C23H27F2N3O2/c1-28-19-12-17(20(30-23(24)25)13-16(19)9-10-21(28)29)14-27-18-8-5-11-26-22(18)15-6-3-2-4-7-15/h2-4,6-7,12-13,18,22-23,26-27H,5,8-11,14H2,1H3/t18-,22?/m0/s1. The third-order valence-electron chi connectivity index (χ3n) is 5.99. The number of piperidine rings is 1. The maximum atomic E-state index is 13.0. The number of ether oxygens (including phenoxy) is 1. The predicted octanol–water partition coefficient (Wildman–Crippen LogP) is 3.78. The molecule has 4 rings (SSSR count). The topological polar surface area (TPSA) is 53.6 Å². The van der Waals surface area contributed by atoms with E-state index in [1.54, 1.807) is 18.0 Å². The minimum Gasteiger partial charge on any atom is -0.434 e. The fourth-order valence-electron chi connectivity index (χ4n) is 4.41. The number of aryl methyl sites for hydroxylation is 1. The molecule has 0 radical (unpaired) electrons. The number of halogens is 2. The Balaban J connectivity index is 1.57. The van der Waals surface area contributed by atoms with Crippen molar-refractivity contribution in [3.63, 3.8) is 0 Å². The molecule has 2 N–H and O–H groups in total. The minimum atomic E-state index is -2.89. The Labute approximate surface area is 175 Å². The molecule has 0 aromatic heterocycles. The van der Waals surface area contributed by atoms with Gasteiger partial charge in [-0.1, -0.05) is 30.3 Å². The minimum absolute atomic E-state index is 0.0320. The number of carbonyl (C=O) groups is 1. The van der Waals surface area contributed by atoms with Crippen molar-refractivity contribution in [3.8, 4) is 5.75 Å². The monoisotopic (exact) mass is 415 g/mol. The Morgan fingerprint density at radius 2 is 2.03 bits per heavy atom. The molecule has 2 aliphatic heterocycles. The van der Waals surface area contributed by atoms with E-state index < -0.39 is 6.61 Å². The third kappa shape index (κ3) is 4.47. The molecular formula is C23H27F2N3O2. The molecule has 1 amide bonds. The second-order valence-corrected chi connectivity index (χ2v) is 7.89. The lowest BCUT2D eigenvalue weighted by atomic mass is 9.92. The zero-order chi connectivity index (χ0) is 21.1.